The molecule has 1 fully saturated rings. The number of para-hydroxylation sites is 1. The van der Waals surface area contributed by atoms with Gasteiger partial charge in [-0.05, 0) is 63.7 Å². The molecule has 1 aliphatic heterocycles. The lowest BCUT2D eigenvalue weighted by atomic mass is 9.85. The van der Waals surface area contributed by atoms with E-state index < -0.39 is 5.54 Å². The normalized spacial score (nSPS) is 19.1. The Kier molecular flexibility index (Phi) is 5.71. The smallest absolute Gasteiger partial charge is 0.221 e. The third-order valence-electron chi connectivity index (χ3n) is 5.25. The molecule has 0 spiro atoms. The molecule has 0 saturated carbocycles. The van der Waals surface area contributed by atoms with Crippen molar-refractivity contribution in [3.63, 3.8) is 0 Å². The fourth-order valence-electron chi connectivity index (χ4n) is 3.54. The molecule has 1 aromatic carbocycles. The fourth-order valence-corrected chi connectivity index (χ4v) is 3.54. The summed E-state index contributed by atoms with van der Waals surface area (Å²) in [4.78, 5) is 12.6. The van der Waals surface area contributed by atoms with Crippen LogP contribution in [0.4, 0.5) is 0 Å². The van der Waals surface area contributed by atoms with E-state index in [0.29, 0.717) is 18.3 Å². The van der Waals surface area contributed by atoms with Crippen LogP contribution in [-0.2, 0) is 10.3 Å². The second kappa shape index (κ2) is 7.99. The van der Waals surface area contributed by atoms with Gasteiger partial charge < -0.3 is 10.6 Å². The number of amides is 1. The van der Waals surface area contributed by atoms with Gasteiger partial charge >= 0.3 is 0 Å². The van der Waals surface area contributed by atoms with E-state index in [1.165, 1.54) is 12.8 Å². The topological polar surface area (TPSA) is 71.8 Å². The monoisotopic (exact) mass is 355 g/mol. The molecule has 1 aliphatic rings. The van der Waals surface area contributed by atoms with Crippen molar-refractivity contribution in [3.05, 3.63) is 42.2 Å². The van der Waals surface area contributed by atoms with Crippen LogP contribution < -0.4 is 10.6 Å². The van der Waals surface area contributed by atoms with Gasteiger partial charge in [0.2, 0.25) is 5.91 Å². The Balaban J connectivity index is 1.61. The van der Waals surface area contributed by atoms with Crippen LogP contribution in [0.1, 0.15) is 45.7 Å². The molecule has 2 atom stereocenters. The Bertz CT molecular complexity index is 719. The summed E-state index contributed by atoms with van der Waals surface area (Å²) in [7, 11) is 0. The minimum absolute atomic E-state index is 0.0716. The van der Waals surface area contributed by atoms with Gasteiger partial charge in [-0.1, -0.05) is 30.3 Å². The molecule has 0 radical (unpaired) electrons. The van der Waals surface area contributed by atoms with Crippen molar-refractivity contribution in [3.8, 4) is 5.69 Å². The Hall–Kier alpha value is -2.21. The van der Waals surface area contributed by atoms with Gasteiger partial charge in [-0.2, -0.15) is 0 Å². The van der Waals surface area contributed by atoms with Gasteiger partial charge in [0, 0.05) is 6.42 Å². The number of benzene rings is 1. The van der Waals surface area contributed by atoms with Crippen molar-refractivity contribution < 1.29 is 4.79 Å². The van der Waals surface area contributed by atoms with Crippen LogP contribution in [0.5, 0.6) is 0 Å². The first-order valence-corrected chi connectivity index (χ1v) is 9.45. The summed E-state index contributed by atoms with van der Waals surface area (Å²) in [5, 5.41) is 15.0. The number of hydrogen-bond donors (Lipinski definition) is 2. The molecule has 26 heavy (non-hydrogen) atoms. The molecule has 3 rings (SSSR count). The van der Waals surface area contributed by atoms with Gasteiger partial charge in [-0.15, -0.1) is 5.10 Å². The SMILES string of the molecule is CC(CC(=O)NC(C)(C)c1cn(-c2ccccc2)nn1)C1CCCNC1. The van der Waals surface area contributed by atoms with Crippen molar-refractivity contribution in [2.75, 3.05) is 13.1 Å². The summed E-state index contributed by atoms with van der Waals surface area (Å²) in [5.74, 6) is 1.03. The van der Waals surface area contributed by atoms with E-state index >= 15 is 0 Å². The highest BCUT2D eigenvalue weighted by atomic mass is 16.1. The van der Waals surface area contributed by atoms with Crippen molar-refractivity contribution in [1.82, 2.24) is 25.6 Å². The van der Waals surface area contributed by atoms with Gasteiger partial charge in [0.15, 0.2) is 0 Å². The Labute approximate surface area is 155 Å². The van der Waals surface area contributed by atoms with E-state index in [9.17, 15) is 4.79 Å². The van der Waals surface area contributed by atoms with Crippen molar-refractivity contribution in [2.45, 2.75) is 45.6 Å². The zero-order chi connectivity index (χ0) is 18.6. The minimum atomic E-state index is -0.561. The number of carbonyl (C=O) groups is 1. The summed E-state index contributed by atoms with van der Waals surface area (Å²) in [6, 6.07) is 9.85. The average molecular weight is 355 g/mol. The molecular formula is C20H29N5O. The summed E-state index contributed by atoms with van der Waals surface area (Å²) < 4.78 is 1.74. The molecule has 2 heterocycles. The van der Waals surface area contributed by atoms with Crippen molar-refractivity contribution >= 4 is 5.91 Å². The lowest BCUT2D eigenvalue weighted by molar-refractivity contribution is -0.124. The van der Waals surface area contributed by atoms with Crippen LogP contribution in [0, 0.1) is 11.8 Å². The van der Waals surface area contributed by atoms with E-state index in [1.54, 1.807) is 4.68 Å². The highest BCUT2D eigenvalue weighted by Gasteiger charge is 2.28. The zero-order valence-electron chi connectivity index (χ0n) is 15.9. The summed E-state index contributed by atoms with van der Waals surface area (Å²) in [5.41, 5.74) is 1.14. The average Bonchev–Trinajstić information content (AvgIpc) is 3.14. The van der Waals surface area contributed by atoms with Gasteiger partial charge in [0.1, 0.15) is 5.69 Å². The number of carbonyl (C=O) groups excluding carboxylic acids is 1. The molecule has 6 heteroatoms. The zero-order valence-corrected chi connectivity index (χ0v) is 15.9. The van der Waals surface area contributed by atoms with Crippen LogP contribution in [-0.4, -0.2) is 34.0 Å². The molecule has 0 aliphatic carbocycles. The first kappa shape index (κ1) is 18.6. The molecule has 0 bridgehead atoms. The second-order valence-electron chi connectivity index (χ2n) is 7.84. The molecule has 1 amide bonds. The fraction of sp³-hybridized carbons (Fsp3) is 0.550. The molecule has 6 nitrogen and oxygen atoms in total. The summed E-state index contributed by atoms with van der Waals surface area (Å²) in [6.07, 6.45) is 4.83. The van der Waals surface area contributed by atoms with Crippen molar-refractivity contribution in [1.29, 1.82) is 0 Å². The van der Waals surface area contributed by atoms with E-state index in [2.05, 4.69) is 27.9 Å². The van der Waals surface area contributed by atoms with Crippen LogP contribution >= 0.6 is 0 Å². The summed E-state index contributed by atoms with van der Waals surface area (Å²) in [6.45, 7) is 8.23. The predicted molar refractivity (Wildman–Crippen MR) is 102 cm³/mol. The molecule has 1 aromatic heterocycles. The van der Waals surface area contributed by atoms with E-state index in [-0.39, 0.29) is 5.91 Å². The number of hydrogen-bond acceptors (Lipinski definition) is 4. The molecule has 2 N–H and O–H groups in total. The van der Waals surface area contributed by atoms with Crippen LogP contribution in [0.15, 0.2) is 36.5 Å². The molecule has 1 saturated heterocycles. The van der Waals surface area contributed by atoms with E-state index in [0.717, 1.165) is 24.5 Å². The van der Waals surface area contributed by atoms with Crippen molar-refractivity contribution in [2.24, 2.45) is 11.8 Å². The maximum absolute atomic E-state index is 12.6. The van der Waals surface area contributed by atoms with Crippen LogP contribution in [0.2, 0.25) is 0 Å². The minimum Gasteiger partial charge on any atom is -0.345 e. The molecular weight excluding hydrogens is 326 g/mol. The second-order valence-corrected chi connectivity index (χ2v) is 7.84. The maximum atomic E-state index is 12.6. The predicted octanol–water partition coefficient (Wildman–Crippen LogP) is 2.64. The van der Waals surface area contributed by atoms with Gasteiger partial charge in [-0.3, -0.25) is 4.79 Å². The Morgan fingerprint density at radius 3 is 2.85 bits per heavy atom. The Morgan fingerprint density at radius 1 is 1.38 bits per heavy atom. The number of nitrogens with zero attached hydrogens (tertiary/aromatic N) is 3. The number of nitrogens with one attached hydrogen (secondary N) is 2. The number of aromatic nitrogens is 3. The first-order chi connectivity index (χ1) is 12.5. The van der Waals surface area contributed by atoms with Gasteiger partial charge in [0.05, 0.1) is 17.4 Å². The number of piperidine rings is 1. The highest BCUT2D eigenvalue weighted by molar-refractivity contribution is 5.77. The standard InChI is InChI=1S/C20H29N5O/c1-15(16-8-7-11-21-13-16)12-19(26)22-20(2,3)18-14-25(24-23-18)17-9-5-4-6-10-17/h4-6,9-10,14-16,21H,7-8,11-13H2,1-3H3,(H,22,26). The molecule has 2 unspecified atom stereocenters. The van der Waals surface area contributed by atoms with Gasteiger partial charge in [0.25, 0.3) is 0 Å². The van der Waals surface area contributed by atoms with Crippen LogP contribution in [0.3, 0.4) is 0 Å². The Morgan fingerprint density at radius 2 is 2.15 bits per heavy atom. The largest absolute Gasteiger partial charge is 0.345 e. The first-order valence-electron chi connectivity index (χ1n) is 9.45. The number of rotatable bonds is 6. The lowest BCUT2D eigenvalue weighted by Crippen LogP contribution is -2.43. The van der Waals surface area contributed by atoms with Crippen LogP contribution in [0.25, 0.3) is 5.69 Å². The molecule has 140 valence electrons. The maximum Gasteiger partial charge on any atom is 0.221 e. The molecule has 2 aromatic rings. The lowest BCUT2D eigenvalue weighted by Gasteiger charge is -2.29. The highest BCUT2D eigenvalue weighted by Crippen LogP contribution is 2.24. The quantitative estimate of drug-likeness (QED) is 0.836. The van der Waals surface area contributed by atoms with E-state index in [4.69, 9.17) is 0 Å². The third kappa shape index (κ3) is 4.49. The van der Waals surface area contributed by atoms with E-state index in [1.807, 2.05) is 50.4 Å². The third-order valence-corrected chi connectivity index (χ3v) is 5.25. The van der Waals surface area contributed by atoms with Gasteiger partial charge in [-0.25, -0.2) is 4.68 Å². The summed E-state index contributed by atoms with van der Waals surface area (Å²) >= 11 is 0.